The first-order chi connectivity index (χ1) is 10.1. The number of carbonyl (C=O) groups excluding carboxylic acids is 1. The highest BCUT2D eigenvalue weighted by Gasteiger charge is 2.05. The van der Waals surface area contributed by atoms with Gasteiger partial charge in [-0.25, -0.2) is 5.43 Å². The number of nitrogens with one attached hydrogen (secondary N) is 1. The minimum Gasteiger partial charge on any atom is -0.273 e. The molecule has 0 bridgehead atoms. The summed E-state index contributed by atoms with van der Waals surface area (Å²) in [5.41, 5.74) is 4.82. The van der Waals surface area contributed by atoms with E-state index in [-0.39, 0.29) is 12.3 Å². The predicted molar refractivity (Wildman–Crippen MR) is 84.8 cm³/mol. The van der Waals surface area contributed by atoms with Gasteiger partial charge in [0, 0.05) is 18.0 Å². The fraction of sp³-hybridized carbons (Fsp3) is 0.133. The normalized spacial score (nSPS) is 11.3. The van der Waals surface area contributed by atoms with Gasteiger partial charge >= 0.3 is 0 Å². The van der Waals surface area contributed by atoms with Gasteiger partial charge in [-0.3, -0.25) is 9.78 Å². The number of hydrazone groups is 1. The number of benzene rings is 1. The van der Waals surface area contributed by atoms with Crippen LogP contribution in [-0.2, 0) is 11.2 Å². The van der Waals surface area contributed by atoms with Gasteiger partial charge in [-0.05, 0) is 30.7 Å². The van der Waals surface area contributed by atoms with Gasteiger partial charge in [-0.2, -0.15) is 5.10 Å². The first-order valence-electron chi connectivity index (χ1n) is 6.23. The van der Waals surface area contributed by atoms with Crippen molar-refractivity contribution >= 4 is 34.8 Å². The van der Waals surface area contributed by atoms with Crippen LogP contribution in [0.5, 0.6) is 0 Å². The molecule has 2 aromatic rings. The molecular weight excluding hydrogens is 309 g/mol. The Balaban J connectivity index is 1.97. The molecular formula is C15H13Cl2N3O. The second-order valence-electron chi connectivity index (χ2n) is 4.40. The molecule has 21 heavy (non-hydrogen) atoms. The molecule has 0 unspecified atom stereocenters. The summed E-state index contributed by atoms with van der Waals surface area (Å²) in [4.78, 5) is 15.8. The van der Waals surface area contributed by atoms with Crippen LogP contribution in [0.3, 0.4) is 0 Å². The van der Waals surface area contributed by atoms with Gasteiger partial charge in [0.15, 0.2) is 0 Å². The average molecular weight is 322 g/mol. The molecule has 0 atom stereocenters. The lowest BCUT2D eigenvalue weighted by Crippen LogP contribution is -2.21. The number of carbonyl (C=O) groups is 1. The molecule has 1 aromatic carbocycles. The lowest BCUT2D eigenvalue weighted by Gasteiger charge is -2.04. The topological polar surface area (TPSA) is 54.4 Å². The van der Waals surface area contributed by atoms with Crippen molar-refractivity contribution in [3.8, 4) is 0 Å². The summed E-state index contributed by atoms with van der Waals surface area (Å²) >= 11 is 11.7. The van der Waals surface area contributed by atoms with E-state index in [2.05, 4.69) is 15.5 Å². The number of rotatable bonds is 4. The second-order valence-corrected chi connectivity index (χ2v) is 5.21. The number of halogens is 2. The lowest BCUT2D eigenvalue weighted by atomic mass is 10.1. The number of nitrogens with zero attached hydrogens (tertiary/aromatic N) is 2. The van der Waals surface area contributed by atoms with Crippen LogP contribution in [0.2, 0.25) is 10.0 Å². The van der Waals surface area contributed by atoms with E-state index in [1.807, 2.05) is 12.1 Å². The minimum absolute atomic E-state index is 0.181. The van der Waals surface area contributed by atoms with E-state index < -0.39 is 0 Å². The molecule has 0 spiro atoms. The zero-order valence-electron chi connectivity index (χ0n) is 11.3. The van der Waals surface area contributed by atoms with Crippen molar-refractivity contribution in [3.05, 3.63) is 63.9 Å². The number of amides is 1. The van der Waals surface area contributed by atoms with Crippen LogP contribution < -0.4 is 5.43 Å². The highest BCUT2D eigenvalue weighted by molar-refractivity contribution is 6.42. The maximum absolute atomic E-state index is 11.8. The third-order valence-corrected chi connectivity index (χ3v) is 3.52. The predicted octanol–water partition coefficient (Wildman–Crippen LogP) is 3.47. The number of hydrogen-bond donors (Lipinski definition) is 1. The number of pyridine rings is 1. The SMILES string of the molecule is C/C(=N\NC(=O)Cc1ccc(Cl)c(Cl)c1)c1cccnc1. The van der Waals surface area contributed by atoms with Crippen LogP contribution in [-0.4, -0.2) is 16.6 Å². The molecule has 0 saturated heterocycles. The molecule has 108 valence electrons. The minimum atomic E-state index is -0.225. The Morgan fingerprint density at radius 2 is 2.10 bits per heavy atom. The van der Waals surface area contributed by atoms with Gasteiger partial charge in [0.25, 0.3) is 0 Å². The Bertz CT molecular complexity index is 672. The molecule has 0 radical (unpaired) electrons. The maximum Gasteiger partial charge on any atom is 0.244 e. The molecule has 1 heterocycles. The summed E-state index contributed by atoms with van der Waals surface area (Å²) in [5, 5.41) is 4.94. The van der Waals surface area contributed by atoms with Crippen LogP contribution in [0.15, 0.2) is 47.8 Å². The summed E-state index contributed by atoms with van der Waals surface area (Å²) in [6, 6.07) is 8.77. The van der Waals surface area contributed by atoms with Gasteiger partial charge in [-0.1, -0.05) is 35.3 Å². The summed E-state index contributed by atoms with van der Waals surface area (Å²) in [6.45, 7) is 1.80. The molecule has 1 amide bonds. The average Bonchev–Trinajstić information content (AvgIpc) is 2.49. The molecule has 1 aromatic heterocycles. The molecule has 1 N–H and O–H groups in total. The van der Waals surface area contributed by atoms with Crippen LogP contribution >= 0.6 is 23.2 Å². The Morgan fingerprint density at radius 3 is 2.76 bits per heavy atom. The van der Waals surface area contributed by atoms with Gasteiger partial charge in [0.1, 0.15) is 0 Å². The summed E-state index contributed by atoms with van der Waals surface area (Å²) < 4.78 is 0. The molecule has 4 nitrogen and oxygen atoms in total. The van der Waals surface area contributed by atoms with Crippen LogP contribution in [0, 0.1) is 0 Å². The quantitative estimate of drug-likeness (QED) is 0.692. The van der Waals surface area contributed by atoms with Crippen LogP contribution in [0.4, 0.5) is 0 Å². The van der Waals surface area contributed by atoms with Gasteiger partial charge in [-0.15, -0.1) is 0 Å². The fourth-order valence-corrected chi connectivity index (χ4v) is 1.98. The third-order valence-electron chi connectivity index (χ3n) is 2.78. The standard InChI is InChI=1S/C15H13Cl2N3O/c1-10(12-3-2-6-18-9-12)19-20-15(21)8-11-4-5-13(16)14(17)7-11/h2-7,9H,8H2,1H3,(H,20,21)/b19-10+. The Labute approximate surface area is 132 Å². The van der Waals surface area contributed by atoms with Gasteiger partial charge < -0.3 is 0 Å². The van der Waals surface area contributed by atoms with Gasteiger partial charge in [0.2, 0.25) is 5.91 Å². The first kappa shape index (κ1) is 15.5. The zero-order chi connectivity index (χ0) is 15.2. The molecule has 0 saturated carbocycles. The number of aromatic nitrogens is 1. The van der Waals surface area contributed by atoms with Crippen molar-refractivity contribution in [1.29, 1.82) is 0 Å². The van der Waals surface area contributed by atoms with E-state index in [1.54, 1.807) is 37.5 Å². The molecule has 0 aliphatic rings. The van der Waals surface area contributed by atoms with E-state index in [1.165, 1.54) is 0 Å². The monoisotopic (exact) mass is 321 g/mol. The highest BCUT2D eigenvalue weighted by Crippen LogP contribution is 2.22. The Morgan fingerprint density at radius 1 is 1.29 bits per heavy atom. The zero-order valence-corrected chi connectivity index (χ0v) is 12.8. The molecule has 0 aliphatic carbocycles. The Kier molecular flexibility index (Phi) is 5.31. The van der Waals surface area contributed by atoms with Crippen molar-refractivity contribution in [2.45, 2.75) is 13.3 Å². The van der Waals surface area contributed by atoms with Crippen molar-refractivity contribution < 1.29 is 4.79 Å². The smallest absolute Gasteiger partial charge is 0.244 e. The fourth-order valence-electron chi connectivity index (χ4n) is 1.66. The van der Waals surface area contributed by atoms with Crippen molar-refractivity contribution in [2.24, 2.45) is 5.10 Å². The second kappa shape index (κ2) is 7.20. The van der Waals surface area contributed by atoms with E-state index in [0.29, 0.717) is 15.8 Å². The van der Waals surface area contributed by atoms with E-state index in [4.69, 9.17) is 23.2 Å². The summed E-state index contributed by atoms with van der Waals surface area (Å²) in [5.74, 6) is -0.225. The van der Waals surface area contributed by atoms with Crippen molar-refractivity contribution in [2.75, 3.05) is 0 Å². The number of hydrogen-bond acceptors (Lipinski definition) is 3. The van der Waals surface area contributed by atoms with Crippen LogP contribution in [0.25, 0.3) is 0 Å². The van der Waals surface area contributed by atoms with Crippen molar-refractivity contribution in [3.63, 3.8) is 0 Å². The first-order valence-corrected chi connectivity index (χ1v) is 6.99. The highest BCUT2D eigenvalue weighted by atomic mass is 35.5. The Hall–Kier alpha value is -1.91. The third kappa shape index (κ3) is 4.55. The molecule has 6 heteroatoms. The molecule has 0 aliphatic heterocycles. The van der Waals surface area contributed by atoms with Gasteiger partial charge in [0.05, 0.1) is 22.2 Å². The van der Waals surface area contributed by atoms with E-state index in [0.717, 1.165) is 11.1 Å². The van der Waals surface area contributed by atoms with Crippen molar-refractivity contribution in [1.82, 2.24) is 10.4 Å². The molecule has 0 fully saturated rings. The van der Waals surface area contributed by atoms with Crippen LogP contribution in [0.1, 0.15) is 18.1 Å². The largest absolute Gasteiger partial charge is 0.273 e. The van der Waals surface area contributed by atoms with E-state index >= 15 is 0 Å². The lowest BCUT2D eigenvalue weighted by molar-refractivity contribution is -0.120. The molecule has 2 rings (SSSR count). The maximum atomic E-state index is 11.8. The summed E-state index contributed by atoms with van der Waals surface area (Å²) in [6.07, 6.45) is 3.55. The van der Waals surface area contributed by atoms with E-state index in [9.17, 15) is 4.79 Å². The summed E-state index contributed by atoms with van der Waals surface area (Å²) in [7, 11) is 0.